The van der Waals surface area contributed by atoms with Gasteiger partial charge in [-0.05, 0) is 49.1 Å². The highest BCUT2D eigenvalue weighted by atomic mass is 32.2. The molecule has 6 heteroatoms. The van der Waals surface area contributed by atoms with Crippen LogP contribution in [0, 0.1) is 11.8 Å². The molecule has 3 atom stereocenters. The smallest absolute Gasteiger partial charge is 0.361 e. The zero-order valence-electron chi connectivity index (χ0n) is 18.6. The first-order chi connectivity index (χ1) is 15.1. The maximum atomic E-state index is 13.0. The fraction of sp³-hybridized carbons (Fsp3) is 0.560. The summed E-state index contributed by atoms with van der Waals surface area (Å²) in [6.07, 6.45) is 6.60. The van der Waals surface area contributed by atoms with Gasteiger partial charge in [0.25, 0.3) is 5.34 Å². The Kier molecular flexibility index (Phi) is 9.37. The topological polar surface area (TPSA) is 52.6 Å². The van der Waals surface area contributed by atoms with Gasteiger partial charge >= 0.3 is 14.4 Å². The van der Waals surface area contributed by atoms with E-state index in [1.54, 1.807) is 11.8 Å². The third-order valence-electron chi connectivity index (χ3n) is 6.18. The van der Waals surface area contributed by atoms with E-state index in [9.17, 15) is 9.36 Å². The highest BCUT2D eigenvalue weighted by Gasteiger charge is 2.53. The van der Waals surface area contributed by atoms with Gasteiger partial charge in [0, 0.05) is 11.5 Å². The van der Waals surface area contributed by atoms with Gasteiger partial charge in [-0.15, -0.1) is 11.8 Å². The number of ether oxygens (including phenoxy) is 2. The molecule has 0 heterocycles. The Morgan fingerprint density at radius 1 is 1.10 bits per heavy atom. The molecule has 1 aliphatic carbocycles. The van der Waals surface area contributed by atoms with Crippen LogP contribution in [-0.4, -0.2) is 30.3 Å². The second-order valence-electron chi connectivity index (χ2n) is 8.27. The highest BCUT2D eigenvalue weighted by Crippen LogP contribution is 2.44. The van der Waals surface area contributed by atoms with E-state index in [1.165, 1.54) is 30.0 Å². The maximum Gasteiger partial charge on any atom is 0.361 e. The average Bonchev–Trinajstić information content (AvgIpc) is 2.81. The zero-order chi connectivity index (χ0) is 22.1. The van der Waals surface area contributed by atoms with Crippen LogP contribution in [-0.2, 0) is 18.8 Å². The Labute approximate surface area is 191 Å². The molecule has 31 heavy (non-hydrogen) atoms. The van der Waals surface area contributed by atoms with E-state index in [0.29, 0.717) is 31.3 Å². The second kappa shape index (κ2) is 12.0. The lowest BCUT2D eigenvalue weighted by atomic mass is 9.81. The number of benzene rings is 2. The van der Waals surface area contributed by atoms with Crippen molar-refractivity contribution in [3.05, 3.63) is 42.5 Å². The summed E-state index contributed by atoms with van der Waals surface area (Å²) in [5, 5.41) is 1.33. The van der Waals surface area contributed by atoms with Crippen LogP contribution in [0.5, 0.6) is 0 Å². The van der Waals surface area contributed by atoms with E-state index in [4.69, 9.17) is 9.47 Å². The minimum absolute atomic E-state index is 0.274. The van der Waals surface area contributed by atoms with Gasteiger partial charge in [0.1, 0.15) is 5.92 Å². The van der Waals surface area contributed by atoms with Gasteiger partial charge in [-0.1, -0.05) is 67.0 Å². The molecule has 0 N–H and O–H groups in total. The van der Waals surface area contributed by atoms with E-state index in [1.807, 2.05) is 26.0 Å². The van der Waals surface area contributed by atoms with Crippen molar-refractivity contribution < 1.29 is 18.8 Å². The van der Waals surface area contributed by atoms with Crippen LogP contribution in [0.2, 0.25) is 0 Å². The van der Waals surface area contributed by atoms with E-state index in [0.717, 1.165) is 17.7 Å². The summed E-state index contributed by atoms with van der Waals surface area (Å²) in [6.45, 7) is 4.45. The van der Waals surface area contributed by atoms with Crippen molar-refractivity contribution in [3.63, 3.8) is 0 Å². The molecule has 1 saturated carbocycles. The van der Waals surface area contributed by atoms with Crippen LogP contribution < -0.4 is 0 Å². The van der Waals surface area contributed by atoms with Gasteiger partial charge in [0.05, 0.1) is 12.4 Å². The van der Waals surface area contributed by atoms with E-state index in [2.05, 4.69) is 30.3 Å². The molecule has 3 unspecified atom stereocenters. The molecule has 0 radical (unpaired) electrons. The molecule has 1 fully saturated rings. The summed E-state index contributed by atoms with van der Waals surface area (Å²) in [5.74, 6) is 0.130. The van der Waals surface area contributed by atoms with Gasteiger partial charge in [0.15, 0.2) is 0 Å². The molecule has 3 rings (SSSR count). The minimum Gasteiger partial charge on any atom is -0.466 e. The molecule has 168 valence electrons. The number of carbonyl (C=O) groups is 1. The van der Waals surface area contributed by atoms with Gasteiger partial charge in [-0.2, -0.15) is 0 Å². The minimum atomic E-state index is -1.03. The lowest BCUT2D eigenvalue weighted by molar-refractivity contribution is -0.156. The van der Waals surface area contributed by atoms with Crippen molar-refractivity contribution in [1.29, 1.82) is 0 Å². The fourth-order valence-corrected chi connectivity index (χ4v) is 6.63. The standard InChI is InChI=1S/C25H33O4PS/c1-3-28-24(26)23(16-19-10-6-5-7-11-19)25(30-27,29-4-2)18-31-22-15-14-20-12-8-9-13-21(20)17-22/h8-9,12-15,17,19,23H,3-7,10-11,16,18H2,1-2H3/p+1. The second-order valence-corrected chi connectivity index (χ2v) is 10.4. The third kappa shape index (κ3) is 6.31. The molecular formula is C25H34O4PS+. The molecule has 2 aromatic rings. The SMILES string of the molecule is CCOC(=O)C(CC1CCCCC1)C(CSc1ccc2ccccc2c1)(OCC)[PH+]=O. The first kappa shape index (κ1) is 24.2. The fourth-order valence-electron chi connectivity index (χ4n) is 4.55. The van der Waals surface area contributed by atoms with Crippen LogP contribution in [0.15, 0.2) is 47.4 Å². The predicted octanol–water partition coefficient (Wildman–Crippen LogP) is 6.84. The largest absolute Gasteiger partial charge is 0.466 e. The number of thioether (sulfide) groups is 1. The van der Waals surface area contributed by atoms with Crippen molar-refractivity contribution in [2.24, 2.45) is 11.8 Å². The molecule has 2 aromatic carbocycles. The van der Waals surface area contributed by atoms with Gasteiger partial charge < -0.3 is 9.47 Å². The lowest BCUT2D eigenvalue weighted by Crippen LogP contribution is -2.44. The lowest BCUT2D eigenvalue weighted by Gasteiger charge is -2.32. The normalized spacial score (nSPS) is 18.0. The molecule has 0 bridgehead atoms. The summed E-state index contributed by atoms with van der Waals surface area (Å²) >= 11 is 1.61. The van der Waals surface area contributed by atoms with E-state index >= 15 is 0 Å². The Morgan fingerprint density at radius 2 is 1.84 bits per heavy atom. The summed E-state index contributed by atoms with van der Waals surface area (Å²) in [6, 6.07) is 14.6. The molecule has 0 saturated heterocycles. The van der Waals surface area contributed by atoms with Gasteiger partial charge in [0.2, 0.25) is 0 Å². The first-order valence-electron chi connectivity index (χ1n) is 11.4. The summed E-state index contributed by atoms with van der Waals surface area (Å²) < 4.78 is 24.2. The molecule has 1 aliphatic rings. The quantitative estimate of drug-likeness (QED) is 0.208. The summed E-state index contributed by atoms with van der Waals surface area (Å²) in [4.78, 5) is 14.1. The number of fused-ring (bicyclic) bond motifs is 1. The van der Waals surface area contributed by atoms with Crippen LogP contribution in [0.25, 0.3) is 10.8 Å². The highest BCUT2D eigenvalue weighted by molar-refractivity contribution is 7.99. The summed E-state index contributed by atoms with van der Waals surface area (Å²) in [5.41, 5.74) is 0. The monoisotopic (exact) mass is 461 g/mol. The van der Waals surface area contributed by atoms with Crippen molar-refractivity contribution in [2.45, 2.75) is 62.6 Å². The Balaban J connectivity index is 1.84. The molecule has 0 aromatic heterocycles. The zero-order valence-corrected chi connectivity index (χ0v) is 20.4. The van der Waals surface area contributed by atoms with Crippen molar-refractivity contribution in [1.82, 2.24) is 0 Å². The number of carbonyl (C=O) groups excluding carboxylic acids is 1. The third-order valence-corrected chi connectivity index (χ3v) is 8.61. The van der Waals surface area contributed by atoms with Crippen LogP contribution in [0.4, 0.5) is 0 Å². The Hall–Kier alpha value is -1.42. The Morgan fingerprint density at radius 3 is 2.52 bits per heavy atom. The molecule has 0 spiro atoms. The van der Waals surface area contributed by atoms with Crippen LogP contribution in [0.1, 0.15) is 52.4 Å². The molecular weight excluding hydrogens is 427 g/mol. The van der Waals surface area contributed by atoms with Crippen molar-refractivity contribution >= 4 is 37.0 Å². The van der Waals surface area contributed by atoms with E-state index < -0.39 is 19.7 Å². The number of esters is 1. The van der Waals surface area contributed by atoms with E-state index in [-0.39, 0.29) is 5.97 Å². The number of hydrogen-bond acceptors (Lipinski definition) is 5. The average molecular weight is 462 g/mol. The molecule has 4 nitrogen and oxygen atoms in total. The maximum absolute atomic E-state index is 13.0. The molecule has 0 amide bonds. The van der Waals surface area contributed by atoms with Crippen molar-refractivity contribution in [3.8, 4) is 0 Å². The Bertz CT molecular complexity index is 867. The number of hydrogen-bond donors (Lipinski definition) is 0. The molecule has 0 aliphatic heterocycles. The van der Waals surface area contributed by atoms with Crippen LogP contribution in [0.3, 0.4) is 0 Å². The van der Waals surface area contributed by atoms with Gasteiger partial charge in [-0.25, -0.2) is 0 Å². The van der Waals surface area contributed by atoms with Crippen molar-refractivity contribution in [2.75, 3.05) is 19.0 Å². The predicted molar refractivity (Wildman–Crippen MR) is 129 cm³/mol. The first-order valence-corrected chi connectivity index (χ1v) is 13.3. The number of rotatable bonds is 11. The van der Waals surface area contributed by atoms with Gasteiger partial charge in [-0.3, -0.25) is 4.79 Å². The van der Waals surface area contributed by atoms with Crippen LogP contribution >= 0.6 is 20.2 Å². The summed E-state index contributed by atoms with van der Waals surface area (Å²) in [7, 11) is -0.736.